The molecule has 0 aliphatic heterocycles. The molecule has 43 heavy (non-hydrogen) atoms. The number of fused-ring (bicyclic) bond motifs is 1. The van der Waals surface area contributed by atoms with Gasteiger partial charge in [0.05, 0.1) is 48.5 Å². The first-order valence-corrected chi connectivity index (χ1v) is 14.4. The van der Waals surface area contributed by atoms with Crippen LogP contribution in [0.25, 0.3) is 22.0 Å². The number of carbonyl (C=O) groups is 2. The van der Waals surface area contributed by atoms with Crippen LogP contribution in [0.5, 0.6) is 23.0 Å². The number of nitrogens with zero attached hydrogens (tertiary/aromatic N) is 1. The van der Waals surface area contributed by atoms with E-state index in [0.29, 0.717) is 53.8 Å². The number of benzene rings is 4. The van der Waals surface area contributed by atoms with E-state index in [2.05, 4.69) is 47.4 Å². The molecule has 9 nitrogen and oxygen atoms in total. The van der Waals surface area contributed by atoms with E-state index in [0.717, 1.165) is 5.56 Å². The third kappa shape index (κ3) is 6.27. The fourth-order valence-corrected chi connectivity index (χ4v) is 5.87. The number of aromatic amines is 1. The third-order valence-corrected chi connectivity index (χ3v) is 7.58. The first-order chi connectivity index (χ1) is 20.8. The van der Waals surface area contributed by atoms with E-state index in [9.17, 15) is 9.59 Å². The number of methoxy groups -OCH3 is 3. The Hall–Kier alpha value is -4.61. The van der Waals surface area contributed by atoms with Gasteiger partial charge >= 0.3 is 5.97 Å². The molecule has 5 aromatic rings. The summed E-state index contributed by atoms with van der Waals surface area (Å²) in [5, 5.41) is 4.90. The van der Waals surface area contributed by atoms with Crippen molar-refractivity contribution in [2.75, 3.05) is 21.3 Å². The fraction of sp³-hybridized carbons (Fsp3) is 0.0938. The molecule has 4 aromatic carbocycles. The van der Waals surface area contributed by atoms with Crippen molar-refractivity contribution in [2.24, 2.45) is 5.10 Å². The summed E-state index contributed by atoms with van der Waals surface area (Å²) in [5.74, 6) is 0.909. The van der Waals surface area contributed by atoms with Gasteiger partial charge < -0.3 is 23.9 Å². The lowest BCUT2D eigenvalue weighted by atomic mass is 10.0. The van der Waals surface area contributed by atoms with Gasteiger partial charge in [0, 0.05) is 15.6 Å². The molecule has 11 heteroatoms. The van der Waals surface area contributed by atoms with Gasteiger partial charge in [-0.15, -0.1) is 0 Å². The van der Waals surface area contributed by atoms with Crippen molar-refractivity contribution in [1.29, 1.82) is 0 Å². The largest absolute Gasteiger partial charge is 0.497 e. The van der Waals surface area contributed by atoms with Crippen LogP contribution >= 0.6 is 31.9 Å². The van der Waals surface area contributed by atoms with Crippen LogP contribution in [0.4, 0.5) is 0 Å². The van der Waals surface area contributed by atoms with Gasteiger partial charge in [0.1, 0.15) is 22.9 Å². The van der Waals surface area contributed by atoms with Crippen molar-refractivity contribution >= 4 is 60.9 Å². The van der Waals surface area contributed by atoms with Crippen molar-refractivity contribution in [3.8, 4) is 34.1 Å². The summed E-state index contributed by atoms with van der Waals surface area (Å²) in [6, 6.07) is 23.1. The van der Waals surface area contributed by atoms with E-state index in [-0.39, 0.29) is 11.4 Å². The van der Waals surface area contributed by atoms with Crippen molar-refractivity contribution in [2.45, 2.75) is 0 Å². The molecule has 5 rings (SSSR count). The lowest BCUT2D eigenvalue weighted by Crippen LogP contribution is -2.19. The van der Waals surface area contributed by atoms with Crippen molar-refractivity contribution < 1.29 is 28.5 Å². The number of ether oxygens (including phenoxy) is 4. The average Bonchev–Trinajstić information content (AvgIpc) is 3.43. The summed E-state index contributed by atoms with van der Waals surface area (Å²) in [7, 11) is 4.68. The summed E-state index contributed by atoms with van der Waals surface area (Å²) < 4.78 is 23.3. The zero-order valence-electron chi connectivity index (χ0n) is 23.2. The first-order valence-electron chi connectivity index (χ1n) is 12.8. The lowest BCUT2D eigenvalue weighted by Gasteiger charge is -2.11. The first kappa shape index (κ1) is 29.9. The van der Waals surface area contributed by atoms with Crippen LogP contribution in [-0.4, -0.2) is 44.4 Å². The number of halogens is 2. The summed E-state index contributed by atoms with van der Waals surface area (Å²) in [4.78, 5) is 29.7. The topological polar surface area (TPSA) is 111 Å². The Balaban J connectivity index is 1.47. The molecule has 0 atom stereocenters. The van der Waals surface area contributed by atoms with Gasteiger partial charge in [0.15, 0.2) is 5.75 Å². The number of carbonyl (C=O) groups excluding carboxylic acids is 2. The monoisotopic (exact) mass is 705 g/mol. The SMILES string of the molecule is COc1ccc(C(=O)Oc2c(Br)cc(Br)cc2C=NNC(=O)c2[nH]c3c(OC)ccc(OC)c3c2-c2ccccc2)cc1. The van der Waals surface area contributed by atoms with E-state index < -0.39 is 11.9 Å². The van der Waals surface area contributed by atoms with E-state index in [1.807, 2.05) is 30.3 Å². The van der Waals surface area contributed by atoms with Gasteiger partial charge in [-0.05, 0) is 70.0 Å². The number of hydrazone groups is 1. The fourth-order valence-electron chi connectivity index (χ4n) is 4.53. The molecule has 1 heterocycles. The number of esters is 1. The molecule has 0 spiro atoms. The van der Waals surface area contributed by atoms with Crippen LogP contribution in [0, 0.1) is 0 Å². The Bertz CT molecular complexity index is 1840. The Morgan fingerprint density at radius 3 is 2.23 bits per heavy atom. The number of rotatable bonds is 9. The van der Waals surface area contributed by atoms with E-state index in [1.54, 1.807) is 69.9 Å². The minimum Gasteiger partial charge on any atom is -0.497 e. The highest BCUT2D eigenvalue weighted by atomic mass is 79.9. The van der Waals surface area contributed by atoms with Crippen LogP contribution in [0.2, 0.25) is 0 Å². The third-order valence-electron chi connectivity index (χ3n) is 6.54. The van der Waals surface area contributed by atoms with Gasteiger partial charge in [-0.3, -0.25) is 4.79 Å². The van der Waals surface area contributed by atoms with Gasteiger partial charge in [-0.25, -0.2) is 10.2 Å². The minimum absolute atomic E-state index is 0.229. The molecule has 1 amide bonds. The molecule has 218 valence electrons. The number of hydrogen-bond acceptors (Lipinski definition) is 7. The summed E-state index contributed by atoms with van der Waals surface area (Å²) in [5.41, 5.74) is 5.68. The smallest absolute Gasteiger partial charge is 0.343 e. The number of amides is 1. The zero-order chi connectivity index (χ0) is 30.5. The second-order valence-corrected chi connectivity index (χ2v) is 10.9. The molecule has 0 radical (unpaired) electrons. The second kappa shape index (κ2) is 13.1. The molecule has 0 saturated carbocycles. The summed E-state index contributed by atoms with van der Waals surface area (Å²) >= 11 is 6.91. The van der Waals surface area contributed by atoms with Crippen LogP contribution in [0.1, 0.15) is 26.4 Å². The van der Waals surface area contributed by atoms with Crippen LogP contribution < -0.4 is 24.4 Å². The molecule has 0 saturated heterocycles. The Morgan fingerprint density at radius 2 is 1.56 bits per heavy atom. The van der Waals surface area contributed by atoms with Gasteiger partial charge in [0.2, 0.25) is 0 Å². The summed E-state index contributed by atoms with van der Waals surface area (Å²) in [6.07, 6.45) is 1.40. The maximum absolute atomic E-state index is 13.6. The van der Waals surface area contributed by atoms with Crippen LogP contribution in [0.3, 0.4) is 0 Å². The molecule has 0 aliphatic rings. The van der Waals surface area contributed by atoms with Gasteiger partial charge in [-0.1, -0.05) is 46.3 Å². The van der Waals surface area contributed by atoms with Crippen molar-refractivity contribution in [1.82, 2.24) is 10.4 Å². The Labute approximate surface area is 264 Å². The van der Waals surface area contributed by atoms with Crippen molar-refractivity contribution in [3.05, 3.63) is 105 Å². The molecule has 1 aromatic heterocycles. The van der Waals surface area contributed by atoms with Gasteiger partial charge in [-0.2, -0.15) is 5.10 Å². The van der Waals surface area contributed by atoms with Crippen LogP contribution in [0.15, 0.2) is 92.9 Å². The number of hydrogen-bond donors (Lipinski definition) is 2. The maximum Gasteiger partial charge on any atom is 0.343 e. The number of H-pyrrole nitrogens is 1. The molecule has 0 aliphatic carbocycles. The second-order valence-electron chi connectivity index (χ2n) is 9.08. The predicted octanol–water partition coefficient (Wildman–Crippen LogP) is 7.37. The normalized spacial score (nSPS) is 11.0. The number of nitrogens with one attached hydrogen (secondary N) is 2. The van der Waals surface area contributed by atoms with Crippen molar-refractivity contribution in [3.63, 3.8) is 0 Å². The molecular weight excluding hydrogens is 682 g/mol. The predicted molar refractivity (Wildman–Crippen MR) is 172 cm³/mol. The molecule has 2 N–H and O–H groups in total. The highest BCUT2D eigenvalue weighted by Gasteiger charge is 2.24. The standard InChI is InChI=1S/C32H25Br2N3O6/c1-40-22-11-9-19(10-12-22)32(39)43-30-20(15-21(33)16-23(30)34)17-35-37-31(38)29-26(18-7-5-4-6-8-18)27-24(41-2)13-14-25(42-3)28(27)36-29/h4-17,36H,1-3H3,(H,37,38). The van der Waals surface area contributed by atoms with E-state index >= 15 is 0 Å². The molecule has 0 unspecified atom stereocenters. The number of aromatic nitrogens is 1. The average molecular weight is 707 g/mol. The quantitative estimate of drug-likeness (QED) is 0.0717. The summed E-state index contributed by atoms with van der Waals surface area (Å²) in [6.45, 7) is 0. The Kier molecular flexibility index (Phi) is 9.13. The van der Waals surface area contributed by atoms with E-state index in [1.165, 1.54) is 6.21 Å². The maximum atomic E-state index is 13.6. The Morgan fingerprint density at radius 1 is 0.860 bits per heavy atom. The lowest BCUT2D eigenvalue weighted by molar-refractivity contribution is 0.0732. The highest BCUT2D eigenvalue weighted by molar-refractivity contribution is 9.11. The molecule has 0 fully saturated rings. The zero-order valence-corrected chi connectivity index (χ0v) is 26.4. The minimum atomic E-state index is -0.571. The van der Waals surface area contributed by atoms with Crippen LogP contribution in [-0.2, 0) is 0 Å². The van der Waals surface area contributed by atoms with E-state index in [4.69, 9.17) is 18.9 Å². The molecule has 0 bridgehead atoms. The highest BCUT2D eigenvalue weighted by Crippen LogP contribution is 2.42. The molecular formula is C32H25Br2N3O6. The van der Waals surface area contributed by atoms with Gasteiger partial charge in [0.25, 0.3) is 5.91 Å².